The molecule has 242 valence electrons. The highest BCUT2D eigenvalue weighted by atomic mass is 35.5. The van der Waals surface area contributed by atoms with Crippen molar-refractivity contribution in [2.75, 3.05) is 31.6 Å². The van der Waals surface area contributed by atoms with Crippen LogP contribution in [0.25, 0.3) is 0 Å². The average Bonchev–Trinajstić information content (AvgIpc) is 3.71. The predicted molar refractivity (Wildman–Crippen MR) is 171 cm³/mol. The number of allylic oxidation sites excluding steroid dienone is 1. The van der Waals surface area contributed by atoms with Crippen LogP contribution in [0.5, 0.6) is 0 Å². The van der Waals surface area contributed by atoms with Gasteiger partial charge in [-0.2, -0.15) is 0 Å². The molecule has 7 atom stereocenters. The topological polar surface area (TPSA) is 117 Å². The van der Waals surface area contributed by atoms with Gasteiger partial charge in [0.1, 0.15) is 23.7 Å². The number of amides is 3. The summed E-state index contributed by atoms with van der Waals surface area (Å²) in [6.07, 6.45) is 6.40. The number of aliphatic hydroxyl groups is 1. The van der Waals surface area contributed by atoms with Crippen LogP contribution in [0.3, 0.4) is 0 Å². The number of hydrogen-bond acceptors (Lipinski definition) is 7. The molecule has 2 saturated heterocycles. The Morgan fingerprint density at radius 1 is 1.00 bits per heavy atom. The van der Waals surface area contributed by atoms with Crippen molar-refractivity contribution in [2.45, 2.75) is 56.1 Å². The summed E-state index contributed by atoms with van der Waals surface area (Å²) in [4.78, 5) is 61.1. The van der Waals surface area contributed by atoms with Gasteiger partial charge in [-0.25, -0.2) is 0 Å². The highest BCUT2D eigenvalue weighted by Gasteiger charge is 2.73. The van der Waals surface area contributed by atoms with Crippen LogP contribution in [0.1, 0.15) is 37.9 Å². The molecule has 2 fully saturated rings. The van der Waals surface area contributed by atoms with Gasteiger partial charge in [0.05, 0.1) is 28.8 Å². The Morgan fingerprint density at radius 3 is 2.48 bits per heavy atom. The number of aliphatic hydroxyl groups excluding tert-OH is 1. The van der Waals surface area contributed by atoms with E-state index in [0.717, 1.165) is 0 Å². The highest BCUT2D eigenvalue weighted by molar-refractivity contribution is 6.34. The summed E-state index contributed by atoms with van der Waals surface area (Å²) in [5.74, 6) is -3.64. The maximum atomic E-state index is 14.7. The van der Waals surface area contributed by atoms with E-state index in [1.54, 1.807) is 48.4 Å². The van der Waals surface area contributed by atoms with Gasteiger partial charge in [0, 0.05) is 33.2 Å². The standard InChI is InChI=1S/C35H38ClN3O7/c1-22-30(23-12-5-3-6-13-23)45-34(44)28-26-17-18-35(46-26)29(28)32(42)39(20-11-21-40)31(35)33(43)38(25-15-9-8-14-24(25)36)19-10-4-7-16-27(41)37(22)2/h3-6,8-10,12-15,17-18,22,26,28-31,40H,7,11,16,19-21H2,1-2H3/b10-4-/t22-,26+,28-,29-,30+,31+,35-/m0/s1. The minimum absolute atomic E-state index is 0.0937. The van der Waals surface area contributed by atoms with E-state index in [0.29, 0.717) is 22.7 Å². The van der Waals surface area contributed by atoms with Crippen molar-refractivity contribution in [3.8, 4) is 0 Å². The van der Waals surface area contributed by atoms with Crippen LogP contribution in [0.15, 0.2) is 78.9 Å². The first-order valence-corrected chi connectivity index (χ1v) is 16.1. The first-order chi connectivity index (χ1) is 22.2. The molecule has 2 aromatic carbocycles. The maximum absolute atomic E-state index is 14.7. The zero-order valence-electron chi connectivity index (χ0n) is 25.8. The number of ether oxygens (including phenoxy) is 2. The second-order valence-corrected chi connectivity index (χ2v) is 12.6. The minimum atomic E-state index is -1.42. The fourth-order valence-corrected chi connectivity index (χ4v) is 7.46. The number of likely N-dealkylation sites (N-methyl/N-ethyl adjacent to an activating group) is 1. The largest absolute Gasteiger partial charge is 0.455 e. The molecule has 4 aliphatic rings. The van der Waals surface area contributed by atoms with Crippen LogP contribution >= 0.6 is 11.6 Å². The number of hydrogen-bond donors (Lipinski definition) is 1. The van der Waals surface area contributed by atoms with Crippen molar-refractivity contribution in [2.24, 2.45) is 11.8 Å². The zero-order chi connectivity index (χ0) is 32.6. The number of benzene rings is 2. The van der Waals surface area contributed by atoms with Crippen molar-refractivity contribution in [1.29, 1.82) is 0 Å². The fourth-order valence-electron chi connectivity index (χ4n) is 7.23. The van der Waals surface area contributed by atoms with E-state index < -0.39 is 59.5 Å². The van der Waals surface area contributed by atoms with Crippen molar-refractivity contribution < 1.29 is 33.8 Å². The molecular weight excluding hydrogens is 610 g/mol. The van der Waals surface area contributed by atoms with E-state index >= 15 is 0 Å². The first-order valence-electron chi connectivity index (χ1n) is 15.7. The number of carbonyl (C=O) groups is 4. The Balaban J connectivity index is 1.46. The van der Waals surface area contributed by atoms with Gasteiger partial charge in [-0.1, -0.05) is 78.4 Å². The lowest BCUT2D eigenvalue weighted by atomic mass is 9.74. The van der Waals surface area contributed by atoms with Gasteiger partial charge < -0.3 is 29.3 Å². The molecule has 4 heterocycles. The molecule has 1 N–H and O–H groups in total. The van der Waals surface area contributed by atoms with Crippen LogP contribution in [0, 0.1) is 11.8 Å². The summed E-state index contributed by atoms with van der Waals surface area (Å²) in [5, 5.41) is 10.0. The summed E-state index contributed by atoms with van der Waals surface area (Å²) in [6.45, 7) is 1.86. The molecule has 11 heteroatoms. The summed E-state index contributed by atoms with van der Waals surface area (Å²) in [5.41, 5.74) is -0.259. The third-order valence-corrected chi connectivity index (χ3v) is 9.96. The molecule has 0 radical (unpaired) electrons. The highest BCUT2D eigenvalue weighted by Crippen LogP contribution is 2.56. The zero-order valence-corrected chi connectivity index (χ0v) is 26.6. The number of rotatable bonds is 5. The Kier molecular flexibility index (Phi) is 9.05. The number of carbonyl (C=O) groups excluding carboxylic acids is 4. The minimum Gasteiger partial charge on any atom is -0.455 e. The lowest BCUT2D eigenvalue weighted by Gasteiger charge is -2.36. The van der Waals surface area contributed by atoms with Gasteiger partial charge in [0.2, 0.25) is 11.8 Å². The fraction of sp³-hybridized carbons (Fsp3) is 0.429. The smallest absolute Gasteiger partial charge is 0.313 e. The van der Waals surface area contributed by atoms with Crippen LogP contribution in [-0.4, -0.2) is 89.1 Å². The van der Waals surface area contributed by atoms with Crippen LogP contribution in [0.4, 0.5) is 5.69 Å². The molecule has 0 unspecified atom stereocenters. The summed E-state index contributed by atoms with van der Waals surface area (Å²) >= 11 is 6.60. The second kappa shape index (κ2) is 13.0. The monoisotopic (exact) mass is 647 g/mol. The lowest BCUT2D eigenvalue weighted by Crippen LogP contribution is -2.56. The molecule has 0 aliphatic carbocycles. The van der Waals surface area contributed by atoms with E-state index in [4.69, 9.17) is 21.1 Å². The van der Waals surface area contributed by atoms with E-state index in [-0.39, 0.29) is 38.4 Å². The average molecular weight is 648 g/mol. The van der Waals surface area contributed by atoms with Crippen molar-refractivity contribution in [3.05, 3.63) is 89.5 Å². The first kappa shape index (κ1) is 32.0. The number of esters is 1. The summed E-state index contributed by atoms with van der Waals surface area (Å²) in [6, 6.07) is 14.5. The number of halogens is 1. The number of likely N-dealkylation sites (tertiary alicyclic amines) is 1. The third-order valence-electron chi connectivity index (χ3n) is 9.64. The van der Waals surface area contributed by atoms with Gasteiger partial charge in [0.15, 0.2) is 0 Å². The third kappa shape index (κ3) is 5.42. The quantitative estimate of drug-likeness (QED) is 0.389. The van der Waals surface area contributed by atoms with Crippen LogP contribution in [0.2, 0.25) is 5.02 Å². The molecule has 0 saturated carbocycles. The Morgan fingerprint density at radius 2 is 1.74 bits per heavy atom. The number of para-hydroxylation sites is 1. The van der Waals surface area contributed by atoms with Crippen molar-refractivity contribution >= 4 is 41.0 Å². The van der Waals surface area contributed by atoms with Gasteiger partial charge >= 0.3 is 5.97 Å². The summed E-state index contributed by atoms with van der Waals surface area (Å²) in [7, 11) is 1.69. The SMILES string of the molecule is C[C@H]1[C@H](c2ccccc2)OC(=O)[C@@H]2[C@H]3C(=O)N(CCCO)[C@H](C(=O)N(c4ccccc4Cl)C/C=C\CCC(=O)N1C)[C@]31C=C[C@H]2O1. The van der Waals surface area contributed by atoms with Crippen LogP contribution in [-0.2, 0) is 28.7 Å². The molecule has 3 amide bonds. The van der Waals surface area contributed by atoms with Gasteiger partial charge in [-0.05, 0) is 37.5 Å². The number of fused-ring (bicyclic) bond motifs is 2. The number of nitrogens with zero attached hydrogens (tertiary/aromatic N) is 3. The van der Waals surface area contributed by atoms with Crippen molar-refractivity contribution in [1.82, 2.24) is 9.80 Å². The molecule has 6 rings (SSSR count). The molecule has 2 aromatic rings. The van der Waals surface area contributed by atoms with E-state index in [1.807, 2.05) is 49.4 Å². The van der Waals surface area contributed by atoms with Gasteiger partial charge in [-0.15, -0.1) is 0 Å². The molecule has 5 bridgehead atoms. The van der Waals surface area contributed by atoms with E-state index in [9.17, 15) is 24.3 Å². The molecule has 46 heavy (non-hydrogen) atoms. The lowest BCUT2D eigenvalue weighted by molar-refractivity contribution is -0.164. The number of anilines is 1. The van der Waals surface area contributed by atoms with Gasteiger partial charge in [-0.3, -0.25) is 19.2 Å². The van der Waals surface area contributed by atoms with E-state index in [2.05, 4.69) is 0 Å². The second-order valence-electron chi connectivity index (χ2n) is 12.2. The number of cyclic esters (lactones) is 1. The summed E-state index contributed by atoms with van der Waals surface area (Å²) < 4.78 is 12.7. The normalized spacial score (nSPS) is 32.2. The molecular formula is C35H38ClN3O7. The Labute approximate surface area is 273 Å². The maximum Gasteiger partial charge on any atom is 0.313 e. The Hall–Kier alpha value is -3.99. The molecule has 0 aromatic heterocycles. The van der Waals surface area contributed by atoms with Gasteiger partial charge in [0.25, 0.3) is 5.91 Å². The van der Waals surface area contributed by atoms with Crippen LogP contribution < -0.4 is 4.90 Å². The predicted octanol–water partition coefficient (Wildman–Crippen LogP) is 3.69. The molecule has 1 spiro atoms. The Bertz CT molecular complexity index is 1560. The van der Waals surface area contributed by atoms with E-state index in [1.165, 1.54) is 9.80 Å². The molecule has 10 nitrogen and oxygen atoms in total. The van der Waals surface area contributed by atoms with Crippen molar-refractivity contribution in [3.63, 3.8) is 0 Å². The molecule has 4 aliphatic heterocycles.